The zero-order valence-electron chi connectivity index (χ0n) is 9.83. The predicted molar refractivity (Wildman–Crippen MR) is 61.2 cm³/mol. The number of hydrogen-bond acceptors (Lipinski definition) is 5. The van der Waals surface area contributed by atoms with Crippen LogP contribution in [0.25, 0.3) is 0 Å². The van der Waals surface area contributed by atoms with E-state index in [1.54, 1.807) is 6.07 Å². The van der Waals surface area contributed by atoms with Gasteiger partial charge in [-0.15, -0.1) is 10.2 Å². The molecule has 6 nitrogen and oxygen atoms in total. The summed E-state index contributed by atoms with van der Waals surface area (Å²) in [5, 5.41) is 16.3. The van der Waals surface area contributed by atoms with Gasteiger partial charge in [-0.05, 0) is 26.0 Å². The van der Waals surface area contributed by atoms with Gasteiger partial charge in [0.15, 0.2) is 11.5 Å². The summed E-state index contributed by atoms with van der Waals surface area (Å²) in [6, 6.07) is 3.15. The van der Waals surface area contributed by atoms with Crippen molar-refractivity contribution in [2.24, 2.45) is 0 Å². The highest BCUT2D eigenvalue weighted by Gasteiger charge is 2.23. The minimum Gasteiger partial charge on any atom is -0.476 e. The van der Waals surface area contributed by atoms with Crippen LogP contribution in [0.1, 0.15) is 24.3 Å². The molecule has 0 amide bonds. The van der Waals surface area contributed by atoms with Crippen LogP contribution in [-0.2, 0) is 4.74 Å². The Balaban J connectivity index is 2.14. The molecule has 2 atom stereocenters. The topological polar surface area (TPSA) is 75.6 Å². The van der Waals surface area contributed by atoms with Crippen molar-refractivity contribution in [3.8, 4) is 0 Å². The number of carboxylic acid groups (broad SMARTS) is 1. The van der Waals surface area contributed by atoms with Gasteiger partial charge in [0.25, 0.3) is 0 Å². The second kappa shape index (κ2) is 4.67. The average Bonchev–Trinajstić information content (AvgIpc) is 2.28. The number of ether oxygens (including phenoxy) is 1. The van der Waals surface area contributed by atoms with Gasteiger partial charge in [0.05, 0.1) is 12.2 Å². The van der Waals surface area contributed by atoms with E-state index >= 15 is 0 Å². The highest BCUT2D eigenvalue weighted by Crippen LogP contribution is 2.17. The van der Waals surface area contributed by atoms with Crippen LogP contribution in [0.2, 0.25) is 0 Å². The number of aromatic nitrogens is 2. The van der Waals surface area contributed by atoms with Gasteiger partial charge in [0.1, 0.15) is 0 Å². The fraction of sp³-hybridized carbons (Fsp3) is 0.545. The quantitative estimate of drug-likeness (QED) is 0.819. The number of nitrogens with zero attached hydrogens (tertiary/aromatic N) is 3. The fourth-order valence-electron chi connectivity index (χ4n) is 1.97. The minimum absolute atomic E-state index is 0.0388. The molecule has 0 saturated carbocycles. The van der Waals surface area contributed by atoms with E-state index in [2.05, 4.69) is 15.1 Å². The van der Waals surface area contributed by atoms with E-state index in [-0.39, 0.29) is 17.9 Å². The molecule has 1 N–H and O–H groups in total. The summed E-state index contributed by atoms with van der Waals surface area (Å²) in [4.78, 5) is 12.7. The molecule has 1 aliphatic rings. The number of carbonyl (C=O) groups is 1. The Kier molecular flexibility index (Phi) is 3.23. The molecule has 0 radical (unpaired) electrons. The smallest absolute Gasteiger partial charge is 0.356 e. The van der Waals surface area contributed by atoms with Crippen LogP contribution in [0.3, 0.4) is 0 Å². The Hall–Kier alpha value is -1.69. The maximum atomic E-state index is 10.7. The maximum Gasteiger partial charge on any atom is 0.356 e. The lowest BCUT2D eigenvalue weighted by Gasteiger charge is -2.35. The number of morpholine rings is 1. The molecule has 0 spiro atoms. The summed E-state index contributed by atoms with van der Waals surface area (Å²) in [7, 11) is 0. The first-order valence-corrected chi connectivity index (χ1v) is 5.53. The summed E-state index contributed by atoms with van der Waals surface area (Å²) >= 11 is 0. The van der Waals surface area contributed by atoms with Crippen LogP contribution < -0.4 is 4.90 Å². The summed E-state index contributed by atoms with van der Waals surface area (Å²) in [5.74, 6) is -0.371. The second-order valence-electron chi connectivity index (χ2n) is 4.24. The molecule has 1 fully saturated rings. The van der Waals surface area contributed by atoms with Gasteiger partial charge in [-0.3, -0.25) is 0 Å². The molecule has 2 rings (SSSR count). The van der Waals surface area contributed by atoms with Gasteiger partial charge in [-0.2, -0.15) is 0 Å². The zero-order chi connectivity index (χ0) is 12.4. The van der Waals surface area contributed by atoms with Crippen molar-refractivity contribution in [2.75, 3.05) is 18.0 Å². The van der Waals surface area contributed by atoms with Gasteiger partial charge in [-0.1, -0.05) is 0 Å². The zero-order valence-corrected chi connectivity index (χ0v) is 9.83. The molecule has 92 valence electrons. The molecule has 1 aliphatic heterocycles. The molecule has 6 heteroatoms. The molecule has 1 aromatic heterocycles. The first-order chi connectivity index (χ1) is 8.06. The van der Waals surface area contributed by atoms with E-state index in [0.29, 0.717) is 5.82 Å². The predicted octanol–water partition coefficient (Wildman–Crippen LogP) is 0.788. The van der Waals surface area contributed by atoms with Crippen molar-refractivity contribution in [3.63, 3.8) is 0 Å². The van der Waals surface area contributed by atoms with Gasteiger partial charge in [0.2, 0.25) is 0 Å². The maximum absolute atomic E-state index is 10.7. The molecule has 1 saturated heterocycles. The molecule has 0 unspecified atom stereocenters. The first kappa shape index (κ1) is 11.8. The third kappa shape index (κ3) is 2.71. The standard InChI is InChI=1S/C11H15N3O3/c1-7-5-14(6-8(2)17-7)10-4-3-9(11(15)16)12-13-10/h3-4,7-8H,5-6H2,1-2H3,(H,15,16)/t7-,8-/m1/s1. The van der Waals surface area contributed by atoms with E-state index in [4.69, 9.17) is 9.84 Å². The van der Waals surface area contributed by atoms with Crippen molar-refractivity contribution in [1.29, 1.82) is 0 Å². The Labute approximate surface area is 99.2 Å². The normalized spacial score (nSPS) is 24.7. The van der Waals surface area contributed by atoms with Gasteiger partial charge < -0.3 is 14.7 Å². The number of hydrogen-bond donors (Lipinski definition) is 1. The third-order valence-electron chi connectivity index (χ3n) is 2.61. The molecule has 0 aromatic carbocycles. The van der Waals surface area contributed by atoms with Crippen molar-refractivity contribution in [3.05, 3.63) is 17.8 Å². The second-order valence-corrected chi connectivity index (χ2v) is 4.24. The van der Waals surface area contributed by atoms with Gasteiger partial charge in [0, 0.05) is 13.1 Å². The first-order valence-electron chi connectivity index (χ1n) is 5.53. The van der Waals surface area contributed by atoms with E-state index in [9.17, 15) is 4.79 Å². The van der Waals surface area contributed by atoms with Crippen molar-refractivity contribution < 1.29 is 14.6 Å². The summed E-state index contributed by atoms with van der Waals surface area (Å²) in [5.41, 5.74) is -0.0388. The monoisotopic (exact) mass is 237 g/mol. The molecule has 1 aromatic rings. The molecular formula is C11H15N3O3. The minimum atomic E-state index is -1.06. The summed E-state index contributed by atoms with van der Waals surface area (Å²) in [6.07, 6.45) is 0.277. The molecule has 17 heavy (non-hydrogen) atoms. The van der Waals surface area contributed by atoms with Crippen LogP contribution in [0.5, 0.6) is 0 Å². The lowest BCUT2D eigenvalue weighted by molar-refractivity contribution is -0.00552. The van der Waals surface area contributed by atoms with E-state index in [0.717, 1.165) is 13.1 Å². The Morgan fingerprint density at radius 1 is 1.35 bits per heavy atom. The highest BCUT2D eigenvalue weighted by molar-refractivity contribution is 5.85. The van der Waals surface area contributed by atoms with Crippen molar-refractivity contribution in [1.82, 2.24) is 10.2 Å². The summed E-state index contributed by atoms with van der Waals surface area (Å²) in [6.45, 7) is 5.49. The lowest BCUT2D eigenvalue weighted by Crippen LogP contribution is -2.45. The highest BCUT2D eigenvalue weighted by atomic mass is 16.5. The van der Waals surface area contributed by atoms with Crippen LogP contribution in [0.4, 0.5) is 5.82 Å². The van der Waals surface area contributed by atoms with Crippen LogP contribution in [-0.4, -0.2) is 46.6 Å². The molecule has 2 heterocycles. The van der Waals surface area contributed by atoms with E-state index < -0.39 is 5.97 Å². The number of rotatable bonds is 2. The Bertz CT molecular complexity index is 397. The van der Waals surface area contributed by atoms with Crippen LogP contribution in [0.15, 0.2) is 12.1 Å². The third-order valence-corrected chi connectivity index (χ3v) is 2.61. The number of aromatic carboxylic acids is 1. The van der Waals surface area contributed by atoms with Gasteiger partial charge in [-0.25, -0.2) is 4.79 Å². The number of anilines is 1. The fourth-order valence-corrected chi connectivity index (χ4v) is 1.97. The SMILES string of the molecule is C[C@@H]1CN(c2ccc(C(=O)O)nn2)C[C@@H](C)O1. The van der Waals surface area contributed by atoms with Crippen molar-refractivity contribution >= 4 is 11.8 Å². The largest absolute Gasteiger partial charge is 0.476 e. The van der Waals surface area contributed by atoms with E-state index in [1.807, 2.05) is 13.8 Å². The molecular weight excluding hydrogens is 222 g/mol. The average molecular weight is 237 g/mol. The molecule has 0 aliphatic carbocycles. The summed E-state index contributed by atoms with van der Waals surface area (Å²) < 4.78 is 5.62. The van der Waals surface area contributed by atoms with Crippen molar-refractivity contribution in [2.45, 2.75) is 26.1 Å². The molecule has 0 bridgehead atoms. The van der Waals surface area contributed by atoms with Gasteiger partial charge >= 0.3 is 5.97 Å². The Morgan fingerprint density at radius 2 is 2.00 bits per heavy atom. The van der Waals surface area contributed by atoms with Crippen LogP contribution >= 0.6 is 0 Å². The van der Waals surface area contributed by atoms with Crippen LogP contribution in [0, 0.1) is 0 Å². The number of carboxylic acids is 1. The Morgan fingerprint density at radius 3 is 2.47 bits per heavy atom. The van der Waals surface area contributed by atoms with E-state index in [1.165, 1.54) is 6.07 Å². The lowest BCUT2D eigenvalue weighted by atomic mass is 10.2.